The molecule has 33 heavy (non-hydrogen) atoms. The van der Waals surface area contributed by atoms with Crippen LogP contribution in [-0.2, 0) is 35.4 Å². The predicted octanol–water partition coefficient (Wildman–Crippen LogP) is 3.92. The molecule has 0 saturated heterocycles. The molecule has 2 unspecified atom stereocenters. The summed E-state index contributed by atoms with van der Waals surface area (Å²) in [5.41, 5.74) is 0. The SMILES string of the molecule is CCOC(=O)NCCC[Si](C)(OCC)O[Si](CC[Si](OCC)(OCC)OCC)(OC)OCC. The third-order valence-corrected chi connectivity index (χ3v) is 15.6. The van der Waals surface area contributed by atoms with Crippen molar-refractivity contribution in [3.63, 3.8) is 0 Å². The van der Waals surface area contributed by atoms with Gasteiger partial charge in [0, 0.05) is 58.8 Å². The van der Waals surface area contributed by atoms with Gasteiger partial charge in [0.1, 0.15) is 0 Å². The number of nitrogens with one attached hydrogen (secondary N) is 1. The summed E-state index contributed by atoms with van der Waals surface area (Å²) in [6, 6.07) is 1.70. The van der Waals surface area contributed by atoms with Crippen LogP contribution in [0.5, 0.6) is 0 Å². The fourth-order valence-corrected chi connectivity index (χ4v) is 14.6. The molecule has 0 saturated carbocycles. The summed E-state index contributed by atoms with van der Waals surface area (Å²) in [5, 5.41) is 2.74. The Bertz CT molecular complexity index is 504. The van der Waals surface area contributed by atoms with Gasteiger partial charge in [-0.3, -0.25) is 0 Å². The van der Waals surface area contributed by atoms with Gasteiger partial charge in [-0.05, 0) is 60.6 Å². The van der Waals surface area contributed by atoms with Crippen LogP contribution < -0.4 is 5.32 Å². The van der Waals surface area contributed by atoms with Gasteiger partial charge in [0.05, 0.1) is 6.61 Å². The van der Waals surface area contributed by atoms with Crippen molar-refractivity contribution in [3.8, 4) is 0 Å². The molecule has 0 spiro atoms. The van der Waals surface area contributed by atoms with Crippen molar-refractivity contribution in [1.82, 2.24) is 5.32 Å². The third-order valence-electron chi connectivity index (χ3n) is 4.68. The lowest BCUT2D eigenvalue weighted by atomic mass is 10.5. The van der Waals surface area contributed by atoms with Crippen molar-refractivity contribution in [3.05, 3.63) is 0 Å². The molecule has 1 amide bonds. The Morgan fingerprint density at radius 3 is 1.64 bits per heavy atom. The molecule has 0 radical (unpaired) electrons. The predicted molar refractivity (Wildman–Crippen MR) is 133 cm³/mol. The van der Waals surface area contributed by atoms with Crippen LogP contribution in [0.2, 0.25) is 24.7 Å². The fourth-order valence-electron chi connectivity index (χ4n) is 3.45. The second-order valence-electron chi connectivity index (χ2n) is 7.22. The molecule has 0 aromatic carbocycles. The van der Waals surface area contributed by atoms with Gasteiger partial charge < -0.3 is 40.7 Å². The van der Waals surface area contributed by atoms with Gasteiger partial charge in [0.15, 0.2) is 0 Å². The van der Waals surface area contributed by atoms with Crippen molar-refractivity contribution >= 4 is 32.3 Å². The number of rotatable bonds is 21. The van der Waals surface area contributed by atoms with Crippen LogP contribution in [0.1, 0.15) is 48.0 Å². The Labute approximate surface area is 203 Å². The molecule has 0 aromatic rings. The normalized spacial score (nSPS) is 15.6. The van der Waals surface area contributed by atoms with Crippen molar-refractivity contribution < 1.29 is 40.2 Å². The van der Waals surface area contributed by atoms with Crippen molar-refractivity contribution in [2.24, 2.45) is 0 Å². The Balaban J connectivity index is 5.45. The Morgan fingerprint density at radius 1 is 0.697 bits per heavy atom. The monoisotopic (exact) mass is 529 g/mol. The van der Waals surface area contributed by atoms with Crippen LogP contribution in [-0.4, -0.2) is 85.6 Å². The van der Waals surface area contributed by atoms with Crippen LogP contribution in [0, 0.1) is 0 Å². The highest BCUT2D eigenvalue weighted by Crippen LogP contribution is 2.30. The minimum Gasteiger partial charge on any atom is -0.450 e. The lowest BCUT2D eigenvalue weighted by molar-refractivity contribution is 0.0681. The van der Waals surface area contributed by atoms with Crippen molar-refractivity contribution in [2.45, 2.75) is 72.6 Å². The first-order valence-electron chi connectivity index (χ1n) is 12.1. The molecule has 2 atom stereocenters. The highest BCUT2D eigenvalue weighted by Gasteiger charge is 2.52. The zero-order valence-corrected chi connectivity index (χ0v) is 25.0. The number of amides is 1. The lowest BCUT2D eigenvalue weighted by Gasteiger charge is -2.38. The number of hydrogen-bond acceptors (Lipinski definition) is 9. The summed E-state index contributed by atoms with van der Waals surface area (Å²) < 4.78 is 47.8. The zero-order chi connectivity index (χ0) is 25.2. The molecule has 10 nitrogen and oxygen atoms in total. The number of hydrogen-bond donors (Lipinski definition) is 1. The van der Waals surface area contributed by atoms with Crippen LogP contribution in [0.25, 0.3) is 0 Å². The number of alkyl carbamates (subject to hydrolysis) is 1. The summed E-state index contributed by atoms with van der Waals surface area (Å²) in [5.74, 6) is 0. The molecular formula is C20H47NO9Si3. The van der Waals surface area contributed by atoms with Gasteiger partial charge >= 0.3 is 32.3 Å². The molecular weight excluding hydrogens is 482 g/mol. The summed E-state index contributed by atoms with van der Waals surface area (Å²) in [6.45, 7) is 16.7. The number of carbonyl (C=O) groups is 1. The molecule has 0 rings (SSSR count). The number of carbonyl (C=O) groups excluding carboxylic acids is 1. The summed E-state index contributed by atoms with van der Waals surface area (Å²) >= 11 is 0. The van der Waals surface area contributed by atoms with E-state index < -0.39 is 32.3 Å². The van der Waals surface area contributed by atoms with E-state index in [4.69, 9.17) is 35.4 Å². The van der Waals surface area contributed by atoms with E-state index in [0.717, 1.165) is 0 Å². The molecule has 0 aliphatic heterocycles. The lowest BCUT2D eigenvalue weighted by Crippen LogP contribution is -2.57. The second kappa shape index (κ2) is 18.0. The van der Waals surface area contributed by atoms with Crippen LogP contribution in [0.4, 0.5) is 4.79 Å². The Kier molecular flexibility index (Phi) is 17.8. The summed E-state index contributed by atoms with van der Waals surface area (Å²) in [6.07, 6.45) is 0.273. The standard InChI is InChI=1S/C20H47NO9Si3/c1-9-24-20(22)21-16-15-17-31(8,25-10-2)30-32(23-7,26-11-3)18-19-33(27-12-4,28-13-5)29-14-6/h9-19H2,1-8H3,(H,21,22). The van der Waals surface area contributed by atoms with Gasteiger partial charge in [0.2, 0.25) is 0 Å². The highest BCUT2D eigenvalue weighted by molar-refractivity contribution is 6.78. The average molecular weight is 530 g/mol. The first-order valence-corrected chi connectivity index (χ1v) is 18.5. The van der Waals surface area contributed by atoms with Crippen LogP contribution >= 0.6 is 0 Å². The van der Waals surface area contributed by atoms with E-state index in [-0.39, 0.29) is 0 Å². The largest absolute Gasteiger partial charge is 0.500 e. The molecule has 0 bridgehead atoms. The maximum absolute atomic E-state index is 11.5. The first-order chi connectivity index (χ1) is 15.7. The van der Waals surface area contributed by atoms with Crippen LogP contribution in [0.3, 0.4) is 0 Å². The maximum Gasteiger partial charge on any atom is 0.500 e. The molecule has 0 heterocycles. The van der Waals surface area contributed by atoms with E-state index in [9.17, 15) is 4.79 Å². The third kappa shape index (κ3) is 12.8. The molecule has 0 aromatic heterocycles. The average Bonchev–Trinajstić information content (AvgIpc) is 2.76. The van der Waals surface area contributed by atoms with Gasteiger partial charge in [-0.15, -0.1) is 0 Å². The highest BCUT2D eigenvalue weighted by atomic mass is 28.5. The van der Waals surface area contributed by atoms with Crippen molar-refractivity contribution in [2.75, 3.05) is 53.3 Å². The molecule has 198 valence electrons. The molecule has 0 fully saturated rings. The van der Waals surface area contributed by atoms with E-state index >= 15 is 0 Å². The molecule has 13 heteroatoms. The molecule has 0 aliphatic carbocycles. The Morgan fingerprint density at radius 2 is 1.18 bits per heavy atom. The van der Waals surface area contributed by atoms with Gasteiger partial charge in [0.25, 0.3) is 0 Å². The minimum absolute atomic E-state index is 0.340. The first kappa shape index (κ1) is 32.6. The number of ether oxygens (including phenoxy) is 1. The van der Waals surface area contributed by atoms with Gasteiger partial charge in [-0.1, -0.05) is 0 Å². The van der Waals surface area contributed by atoms with E-state index in [0.29, 0.717) is 70.7 Å². The quantitative estimate of drug-likeness (QED) is 0.175. The van der Waals surface area contributed by atoms with E-state index in [1.54, 1.807) is 14.0 Å². The smallest absolute Gasteiger partial charge is 0.450 e. The topological polar surface area (TPSA) is 103 Å². The van der Waals surface area contributed by atoms with E-state index in [2.05, 4.69) is 5.32 Å². The van der Waals surface area contributed by atoms with E-state index in [1.807, 2.05) is 41.2 Å². The minimum atomic E-state index is -3.11. The Hall–Kier alpha value is -0.359. The molecule has 1 N–H and O–H groups in total. The van der Waals surface area contributed by atoms with Crippen molar-refractivity contribution in [1.29, 1.82) is 0 Å². The zero-order valence-electron chi connectivity index (χ0n) is 22.0. The maximum atomic E-state index is 11.5. The summed E-state index contributed by atoms with van der Waals surface area (Å²) in [4.78, 5) is 11.5. The molecule has 0 aliphatic rings. The second-order valence-corrected chi connectivity index (χ2v) is 16.4. The van der Waals surface area contributed by atoms with Gasteiger partial charge in [-0.2, -0.15) is 0 Å². The van der Waals surface area contributed by atoms with Gasteiger partial charge in [-0.25, -0.2) is 4.79 Å². The van der Waals surface area contributed by atoms with E-state index in [1.165, 1.54) is 0 Å². The van der Waals surface area contributed by atoms with Crippen LogP contribution in [0.15, 0.2) is 0 Å². The summed E-state index contributed by atoms with van der Waals surface area (Å²) in [7, 11) is -7.05. The fraction of sp³-hybridized carbons (Fsp3) is 0.950.